The molecule has 1 aromatic carbocycles. The molecule has 1 heterocycles. The molecule has 2 rings (SSSR count). The maximum atomic E-state index is 12.0. The van der Waals surface area contributed by atoms with Crippen LogP contribution in [-0.4, -0.2) is 18.4 Å². The van der Waals surface area contributed by atoms with Crippen LogP contribution in [0.25, 0.3) is 0 Å². The number of benzene rings is 1. The molecule has 0 spiro atoms. The standard InChI is InChI=1S/C12H9BrN4O2S/c13-11-6-16-12(7-15-11)17-20(18,19)8-10-4-2-1-3-9(10)5-14/h1-4,6-7H,8H2,(H,16,17). The second-order valence-electron chi connectivity index (χ2n) is 3.85. The lowest BCUT2D eigenvalue weighted by molar-refractivity contribution is 0.600. The predicted octanol–water partition coefficient (Wildman–Crippen LogP) is 2.05. The van der Waals surface area contributed by atoms with E-state index in [1.54, 1.807) is 24.3 Å². The topological polar surface area (TPSA) is 95.7 Å². The second kappa shape index (κ2) is 5.98. The van der Waals surface area contributed by atoms with Gasteiger partial charge in [0.2, 0.25) is 10.0 Å². The summed E-state index contributed by atoms with van der Waals surface area (Å²) in [5.41, 5.74) is 0.771. The molecule has 0 unspecified atom stereocenters. The minimum Gasteiger partial charge on any atom is -0.266 e. The predicted molar refractivity (Wildman–Crippen MR) is 77.1 cm³/mol. The minimum atomic E-state index is -3.65. The van der Waals surface area contributed by atoms with Gasteiger partial charge in [0.1, 0.15) is 4.60 Å². The Labute approximate surface area is 124 Å². The van der Waals surface area contributed by atoms with Crippen LogP contribution in [0.5, 0.6) is 0 Å². The van der Waals surface area contributed by atoms with E-state index < -0.39 is 10.0 Å². The fraction of sp³-hybridized carbons (Fsp3) is 0.0833. The van der Waals surface area contributed by atoms with Gasteiger partial charge in [-0.2, -0.15) is 5.26 Å². The lowest BCUT2D eigenvalue weighted by Gasteiger charge is -2.08. The molecular formula is C12H9BrN4O2S. The molecule has 0 aliphatic heterocycles. The van der Waals surface area contributed by atoms with Crippen molar-refractivity contribution in [1.82, 2.24) is 9.97 Å². The average molecular weight is 353 g/mol. The van der Waals surface area contributed by atoms with E-state index in [0.717, 1.165) is 0 Å². The zero-order valence-corrected chi connectivity index (χ0v) is 12.5. The highest BCUT2D eigenvalue weighted by molar-refractivity contribution is 9.10. The smallest absolute Gasteiger partial charge is 0.238 e. The molecule has 2 aromatic rings. The van der Waals surface area contributed by atoms with Crippen molar-refractivity contribution < 1.29 is 8.42 Å². The Morgan fingerprint density at radius 2 is 2.00 bits per heavy atom. The van der Waals surface area contributed by atoms with E-state index in [2.05, 4.69) is 30.6 Å². The van der Waals surface area contributed by atoms with Crippen molar-refractivity contribution in [2.24, 2.45) is 0 Å². The number of rotatable bonds is 4. The van der Waals surface area contributed by atoms with Crippen molar-refractivity contribution in [2.75, 3.05) is 4.72 Å². The van der Waals surface area contributed by atoms with E-state index in [-0.39, 0.29) is 11.6 Å². The zero-order valence-electron chi connectivity index (χ0n) is 10.1. The first-order chi connectivity index (χ1) is 9.50. The van der Waals surface area contributed by atoms with Gasteiger partial charge in [-0.15, -0.1) is 0 Å². The van der Waals surface area contributed by atoms with Crippen LogP contribution < -0.4 is 4.72 Å². The summed E-state index contributed by atoms with van der Waals surface area (Å²) in [6.07, 6.45) is 2.69. The number of nitrogens with one attached hydrogen (secondary N) is 1. The van der Waals surface area contributed by atoms with E-state index in [1.807, 2.05) is 6.07 Å². The highest BCUT2D eigenvalue weighted by Gasteiger charge is 2.15. The lowest BCUT2D eigenvalue weighted by atomic mass is 10.1. The molecule has 0 bridgehead atoms. The fourth-order valence-electron chi connectivity index (χ4n) is 1.52. The van der Waals surface area contributed by atoms with Gasteiger partial charge in [0.25, 0.3) is 0 Å². The molecule has 1 N–H and O–H groups in total. The van der Waals surface area contributed by atoms with Crippen LogP contribution in [0.4, 0.5) is 5.82 Å². The maximum absolute atomic E-state index is 12.0. The molecule has 1 aromatic heterocycles. The Hall–Kier alpha value is -1.98. The zero-order chi connectivity index (χ0) is 14.6. The average Bonchev–Trinajstić information content (AvgIpc) is 2.41. The van der Waals surface area contributed by atoms with Gasteiger partial charge in [0.15, 0.2) is 5.82 Å². The number of nitriles is 1. The van der Waals surface area contributed by atoms with Crippen LogP contribution in [0.2, 0.25) is 0 Å². The fourth-order valence-corrected chi connectivity index (χ4v) is 2.88. The molecule has 0 atom stereocenters. The van der Waals surface area contributed by atoms with Crippen LogP contribution in [0.1, 0.15) is 11.1 Å². The van der Waals surface area contributed by atoms with E-state index in [1.165, 1.54) is 12.4 Å². The van der Waals surface area contributed by atoms with Crippen LogP contribution in [-0.2, 0) is 15.8 Å². The number of halogens is 1. The van der Waals surface area contributed by atoms with E-state index in [4.69, 9.17) is 5.26 Å². The summed E-state index contributed by atoms with van der Waals surface area (Å²) in [5, 5.41) is 8.94. The molecule has 0 aliphatic rings. The van der Waals surface area contributed by atoms with Crippen molar-refractivity contribution in [1.29, 1.82) is 5.26 Å². The third-order valence-electron chi connectivity index (χ3n) is 2.36. The molecule has 0 saturated heterocycles. The molecular weight excluding hydrogens is 344 g/mol. The first kappa shape index (κ1) is 14.4. The van der Waals surface area contributed by atoms with Gasteiger partial charge in [-0.3, -0.25) is 4.72 Å². The third kappa shape index (κ3) is 3.76. The number of nitrogens with zero attached hydrogens (tertiary/aromatic N) is 3. The molecule has 0 aliphatic carbocycles. The molecule has 8 heteroatoms. The first-order valence-corrected chi connectivity index (χ1v) is 7.91. The molecule has 6 nitrogen and oxygen atoms in total. The summed E-state index contributed by atoms with van der Waals surface area (Å²) in [6, 6.07) is 8.51. The molecule has 0 saturated carbocycles. The minimum absolute atomic E-state index is 0.127. The normalized spacial score (nSPS) is 10.8. The SMILES string of the molecule is N#Cc1ccccc1CS(=O)(=O)Nc1cnc(Br)cn1. The highest BCUT2D eigenvalue weighted by atomic mass is 79.9. The van der Waals surface area contributed by atoms with Gasteiger partial charge in [0, 0.05) is 0 Å². The van der Waals surface area contributed by atoms with Crippen molar-refractivity contribution in [3.63, 3.8) is 0 Å². The summed E-state index contributed by atoms with van der Waals surface area (Å²) >= 11 is 3.11. The third-order valence-corrected chi connectivity index (χ3v) is 3.98. The molecule has 0 radical (unpaired) electrons. The summed E-state index contributed by atoms with van der Waals surface area (Å²) < 4.78 is 26.9. The number of aromatic nitrogens is 2. The number of hydrogen-bond donors (Lipinski definition) is 1. The maximum Gasteiger partial charge on any atom is 0.238 e. The van der Waals surface area contributed by atoms with Crippen molar-refractivity contribution in [3.05, 3.63) is 52.4 Å². The van der Waals surface area contributed by atoms with Gasteiger partial charge >= 0.3 is 0 Å². The monoisotopic (exact) mass is 352 g/mol. The van der Waals surface area contributed by atoms with Crippen LogP contribution >= 0.6 is 15.9 Å². The summed E-state index contributed by atoms with van der Waals surface area (Å²) in [6.45, 7) is 0. The van der Waals surface area contributed by atoms with Crippen LogP contribution in [0.3, 0.4) is 0 Å². The van der Waals surface area contributed by atoms with E-state index >= 15 is 0 Å². The van der Waals surface area contributed by atoms with E-state index in [9.17, 15) is 8.42 Å². The van der Waals surface area contributed by atoms with Crippen molar-refractivity contribution in [3.8, 4) is 6.07 Å². The largest absolute Gasteiger partial charge is 0.266 e. The van der Waals surface area contributed by atoms with Gasteiger partial charge in [0.05, 0.1) is 29.8 Å². The summed E-state index contributed by atoms with van der Waals surface area (Å²) in [5.74, 6) is -0.170. The van der Waals surface area contributed by atoms with E-state index in [0.29, 0.717) is 15.7 Å². The number of hydrogen-bond acceptors (Lipinski definition) is 5. The van der Waals surface area contributed by atoms with Crippen LogP contribution in [0.15, 0.2) is 41.3 Å². The lowest BCUT2D eigenvalue weighted by Crippen LogP contribution is -2.16. The van der Waals surface area contributed by atoms with Crippen molar-refractivity contribution >= 4 is 31.8 Å². The summed E-state index contributed by atoms with van der Waals surface area (Å²) in [7, 11) is -3.65. The Morgan fingerprint density at radius 3 is 2.65 bits per heavy atom. The van der Waals surface area contributed by atoms with Gasteiger partial charge in [-0.25, -0.2) is 18.4 Å². The second-order valence-corrected chi connectivity index (χ2v) is 6.39. The number of sulfonamides is 1. The molecule has 20 heavy (non-hydrogen) atoms. The first-order valence-electron chi connectivity index (χ1n) is 5.46. The molecule has 0 amide bonds. The Bertz CT molecular complexity index is 754. The summed E-state index contributed by atoms with van der Waals surface area (Å²) in [4.78, 5) is 7.76. The Balaban J connectivity index is 2.19. The van der Waals surface area contributed by atoms with Gasteiger partial charge < -0.3 is 0 Å². The molecule has 102 valence electrons. The number of anilines is 1. The highest BCUT2D eigenvalue weighted by Crippen LogP contribution is 2.14. The van der Waals surface area contributed by atoms with Gasteiger partial charge in [-0.05, 0) is 27.6 Å². The van der Waals surface area contributed by atoms with Crippen molar-refractivity contribution in [2.45, 2.75) is 5.75 Å². The molecule has 0 fully saturated rings. The quantitative estimate of drug-likeness (QED) is 0.908. The van der Waals surface area contributed by atoms with Gasteiger partial charge in [-0.1, -0.05) is 18.2 Å². The Morgan fingerprint density at radius 1 is 1.25 bits per heavy atom. The Kier molecular flexibility index (Phi) is 4.32. The van der Waals surface area contributed by atoms with Crippen LogP contribution in [0, 0.1) is 11.3 Å².